The van der Waals surface area contributed by atoms with Crippen LogP contribution in [0.25, 0.3) is 0 Å². The molecule has 0 aliphatic carbocycles. The fraction of sp³-hybridized carbons (Fsp3) is 0.222. The molecule has 0 atom stereocenters. The van der Waals surface area contributed by atoms with Gasteiger partial charge < -0.3 is 9.57 Å². The van der Waals surface area contributed by atoms with Crippen LogP contribution in [0.1, 0.15) is 6.92 Å². The molecule has 7 nitrogen and oxygen atoms in total. The van der Waals surface area contributed by atoms with Crippen LogP contribution in [0.3, 0.4) is 0 Å². The minimum Gasteiger partial charge on any atom is -0.448 e. The van der Waals surface area contributed by atoms with E-state index in [1.165, 1.54) is 24.3 Å². The SMILES string of the molecule is CCOC(=O)NOc1ccc([N+](=O)[O-])cc1. The Balaban J connectivity index is 2.49. The predicted octanol–water partition coefficient (Wildman–Crippen LogP) is 1.63. The van der Waals surface area contributed by atoms with E-state index in [4.69, 9.17) is 4.84 Å². The number of nitrogens with zero attached hydrogens (tertiary/aromatic N) is 1. The minimum absolute atomic E-state index is 0.0523. The highest BCUT2D eigenvalue weighted by Gasteiger charge is 2.05. The third-order valence-corrected chi connectivity index (χ3v) is 1.58. The molecule has 0 heterocycles. The van der Waals surface area contributed by atoms with Gasteiger partial charge in [-0.25, -0.2) is 4.79 Å². The number of hydrogen-bond acceptors (Lipinski definition) is 5. The number of nitro benzene ring substituents is 1. The molecule has 0 aliphatic heterocycles. The van der Waals surface area contributed by atoms with Crippen molar-refractivity contribution in [2.45, 2.75) is 6.92 Å². The van der Waals surface area contributed by atoms with Crippen molar-refractivity contribution in [3.8, 4) is 5.75 Å². The zero-order chi connectivity index (χ0) is 12.0. The Morgan fingerprint density at radius 2 is 2.06 bits per heavy atom. The molecule has 1 aromatic carbocycles. The number of benzene rings is 1. The molecule has 7 heteroatoms. The number of carbonyl (C=O) groups is 1. The summed E-state index contributed by atoms with van der Waals surface area (Å²) in [4.78, 5) is 25.4. The molecule has 0 unspecified atom stereocenters. The Kier molecular flexibility index (Phi) is 4.07. The first kappa shape index (κ1) is 11.8. The van der Waals surface area contributed by atoms with Crippen LogP contribution in [0.4, 0.5) is 10.5 Å². The molecule has 0 aliphatic rings. The lowest BCUT2D eigenvalue weighted by molar-refractivity contribution is -0.384. The average molecular weight is 226 g/mol. The van der Waals surface area contributed by atoms with Crippen molar-refractivity contribution in [1.82, 2.24) is 5.48 Å². The second kappa shape index (κ2) is 5.54. The number of hydroxylamine groups is 1. The molecule has 0 saturated carbocycles. The van der Waals surface area contributed by atoms with Crippen molar-refractivity contribution in [2.75, 3.05) is 6.61 Å². The van der Waals surface area contributed by atoms with E-state index in [2.05, 4.69) is 4.74 Å². The maximum Gasteiger partial charge on any atom is 0.440 e. The van der Waals surface area contributed by atoms with Gasteiger partial charge in [-0.2, -0.15) is 5.48 Å². The molecular formula is C9H10N2O5. The Morgan fingerprint density at radius 1 is 1.44 bits per heavy atom. The number of hydrogen-bond donors (Lipinski definition) is 1. The van der Waals surface area contributed by atoms with Crippen LogP contribution in [-0.4, -0.2) is 17.6 Å². The van der Waals surface area contributed by atoms with Gasteiger partial charge >= 0.3 is 6.09 Å². The lowest BCUT2D eigenvalue weighted by Crippen LogP contribution is -2.27. The van der Waals surface area contributed by atoms with Crippen LogP contribution in [0, 0.1) is 10.1 Å². The number of nitro groups is 1. The zero-order valence-corrected chi connectivity index (χ0v) is 8.50. The van der Waals surface area contributed by atoms with E-state index in [0.29, 0.717) is 0 Å². The van der Waals surface area contributed by atoms with E-state index in [1.807, 2.05) is 5.48 Å². The van der Waals surface area contributed by atoms with E-state index < -0.39 is 11.0 Å². The Morgan fingerprint density at radius 3 is 2.56 bits per heavy atom. The summed E-state index contributed by atoms with van der Waals surface area (Å²) in [6, 6.07) is 5.26. The summed E-state index contributed by atoms with van der Waals surface area (Å²) in [6.45, 7) is 1.89. The molecule has 0 fully saturated rings. The van der Waals surface area contributed by atoms with Crippen molar-refractivity contribution in [1.29, 1.82) is 0 Å². The molecule has 1 N–H and O–H groups in total. The zero-order valence-electron chi connectivity index (χ0n) is 8.50. The number of carbonyl (C=O) groups excluding carboxylic acids is 1. The van der Waals surface area contributed by atoms with Gasteiger partial charge in [0.2, 0.25) is 0 Å². The summed E-state index contributed by atoms with van der Waals surface area (Å²) in [5, 5.41) is 10.3. The van der Waals surface area contributed by atoms with E-state index in [1.54, 1.807) is 6.92 Å². The van der Waals surface area contributed by atoms with E-state index in [0.717, 1.165) is 0 Å². The number of ether oxygens (including phenoxy) is 1. The molecule has 0 radical (unpaired) electrons. The molecule has 86 valence electrons. The molecule has 0 spiro atoms. The van der Waals surface area contributed by atoms with Crippen molar-refractivity contribution in [3.05, 3.63) is 34.4 Å². The van der Waals surface area contributed by atoms with Gasteiger partial charge in [0.15, 0.2) is 5.75 Å². The van der Waals surface area contributed by atoms with Crippen LogP contribution < -0.4 is 10.3 Å². The molecule has 1 aromatic rings. The maximum atomic E-state index is 10.8. The Hall–Kier alpha value is -2.31. The van der Waals surface area contributed by atoms with Gasteiger partial charge in [-0.1, -0.05) is 0 Å². The third-order valence-electron chi connectivity index (χ3n) is 1.58. The second-order valence-corrected chi connectivity index (χ2v) is 2.68. The Bertz CT molecular complexity index is 376. The number of amides is 1. The molecule has 0 saturated heterocycles. The summed E-state index contributed by atoms with van der Waals surface area (Å²) in [6.07, 6.45) is -0.721. The molecule has 0 aromatic heterocycles. The quantitative estimate of drug-likeness (QED) is 0.622. The summed E-state index contributed by atoms with van der Waals surface area (Å²) >= 11 is 0. The highest BCUT2D eigenvalue weighted by atomic mass is 16.7. The standard InChI is InChI=1S/C9H10N2O5/c1-2-15-9(12)10-16-8-5-3-7(4-6-8)11(13)14/h3-6H,2H2,1H3,(H,10,12). The fourth-order valence-corrected chi connectivity index (χ4v) is 0.897. The normalized spacial score (nSPS) is 9.31. The largest absolute Gasteiger partial charge is 0.448 e. The van der Waals surface area contributed by atoms with Crippen molar-refractivity contribution >= 4 is 11.8 Å². The topological polar surface area (TPSA) is 90.7 Å². The lowest BCUT2D eigenvalue weighted by atomic mass is 10.3. The third kappa shape index (κ3) is 3.45. The fourth-order valence-electron chi connectivity index (χ4n) is 0.897. The summed E-state index contributed by atoms with van der Waals surface area (Å²) in [7, 11) is 0. The van der Waals surface area contributed by atoms with E-state index in [-0.39, 0.29) is 18.0 Å². The first-order valence-electron chi connectivity index (χ1n) is 4.47. The molecular weight excluding hydrogens is 216 g/mol. The van der Waals surface area contributed by atoms with Gasteiger partial charge in [-0.15, -0.1) is 0 Å². The predicted molar refractivity (Wildman–Crippen MR) is 53.9 cm³/mol. The number of non-ortho nitro benzene ring substituents is 1. The summed E-state index contributed by atoms with van der Waals surface area (Å²) in [5.41, 5.74) is 1.97. The van der Waals surface area contributed by atoms with Crippen molar-refractivity contribution in [3.63, 3.8) is 0 Å². The van der Waals surface area contributed by atoms with Gasteiger partial charge in [0.05, 0.1) is 11.5 Å². The van der Waals surface area contributed by atoms with E-state index in [9.17, 15) is 14.9 Å². The lowest BCUT2D eigenvalue weighted by Gasteiger charge is -2.05. The van der Waals surface area contributed by atoms with Gasteiger partial charge in [-0.3, -0.25) is 10.1 Å². The molecule has 16 heavy (non-hydrogen) atoms. The Labute approximate surface area is 91.1 Å². The average Bonchev–Trinajstić information content (AvgIpc) is 2.27. The second-order valence-electron chi connectivity index (χ2n) is 2.68. The number of rotatable bonds is 4. The number of nitrogens with one attached hydrogen (secondary N) is 1. The molecule has 1 rings (SSSR count). The first-order chi connectivity index (χ1) is 7.63. The van der Waals surface area contributed by atoms with Crippen LogP contribution >= 0.6 is 0 Å². The van der Waals surface area contributed by atoms with Crippen LogP contribution in [0.15, 0.2) is 24.3 Å². The van der Waals surface area contributed by atoms with Crippen LogP contribution in [0.5, 0.6) is 5.75 Å². The van der Waals surface area contributed by atoms with Gasteiger partial charge in [-0.05, 0) is 19.1 Å². The van der Waals surface area contributed by atoms with Gasteiger partial charge in [0.1, 0.15) is 0 Å². The summed E-state index contributed by atoms with van der Waals surface area (Å²) < 4.78 is 4.54. The monoisotopic (exact) mass is 226 g/mol. The van der Waals surface area contributed by atoms with Crippen molar-refractivity contribution < 1.29 is 19.3 Å². The van der Waals surface area contributed by atoms with Crippen LogP contribution in [0.2, 0.25) is 0 Å². The van der Waals surface area contributed by atoms with E-state index >= 15 is 0 Å². The first-order valence-corrected chi connectivity index (χ1v) is 4.47. The van der Waals surface area contributed by atoms with Crippen molar-refractivity contribution in [2.24, 2.45) is 0 Å². The van der Waals surface area contributed by atoms with Gasteiger partial charge in [0.25, 0.3) is 5.69 Å². The minimum atomic E-state index is -0.721. The molecule has 1 amide bonds. The highest BCUT2D eigenvalue weighted by molar-refractivity contribution is 5.66. The summed E-state index contributed by atoms with van der Waals surface area (Å²) in [5.74, 6) is 0.277. The van der Waals surface area contributed by atoms with Gasteiger partial charge in [0, 0.05) is 12.1 Å². The van der Waals surface area contributed by atoms with Crippen LogP contribution in [-0.2, 0) is 4.74 Å². The highest BCUT2D eigenvalue weighted by Crippen LogP contribution is 2.16. The maximum absolute atomic E-state index is 10.8. The smallest absolute Gasteiger partial charge is 0.440 e. The molecule has 0 bridgehead atoms.